The molecule has 5 heterocycles. The first-order valence-corrected chi connectivity index (χ1v) is 15.4. The van der Waals surface area contributed by atoms with Crippen molar-refractivity contribution in [1.82, 2.24) is 29.6 Å². The van der Waals surface area contributed by atoms with Crippen LogP contribution in [0.25, 0.3) is 22.3 Å². The van der Waals surface area contributed by atoms with Gasteiger partial charge in [0, 0.05) is 40.3 Å². The van der Waals surface area contributed by atoms with E-state index >= 15 is 0 Å². The molecule has 2 aliphatic heterocycles. The van der Waals surface area contributed by atoms with Gasteiger partial charge in [0.15, 0.2) is 0 Å². The number of cyclic esters (lactones) is 1. The molecule has 2 fully saturated rings. The number of nitrogens with zero attached hydrogens (tertiary/aromatic N) is 7. The highest BCUT2D eigenvalue weighted by molar-refractivity contribution is 5.80. The number of alkyl halides is 4. The molecule has 2 atom stereocenters. The highest BCUT2D eigenvalue weighted by atomic mass is 19.4. The molecule has 2 saturated heterocycles. The van der Waals surface area contributed by atoms with Gasteiger partial charge < -0.3 is 20.1 Å². The van der Waals surface area contributed by atoms with E-state index in [9.17, 15) is 27.2 Å². The van der Waals surface area contributed by atoms with E-state index in [0.717, 1.165) is 17.7 Å². The van der Waals surface area contributed by atoms with Crippen LogP contribution in [-0.4, -0.2) is 74.0 Å². The number of halogens is 4. The van der Waals surface area contributed by atoms with Crippen molar-refractivity contribution in [3.8, 4) is 28.1 Å². The number of nitrogens with two attached hydrogens (primary N) is 1. The third-order valence-electron chi connectivity index (χ3n) is 8.75. The summed E-state index contributed by atoms with van der Waals surface area (Å²) < 4.78 is 67.5. The lowest BCUT2D eigenvalue weighted by atomic mass is 9.97. The van der Waals surface area contributed by atoms with Crippen molar-refractivity contribution in [2.45, 2.75) is 65.3 Å². The van der Waals surface area contributed by atoms with Crippen LogP contribution in [0.1, 0.15) is 46.8 Å². The van der Waals surface area contributed by atoms with Crippen LogP contribution in [0.15, 0.2) is 36.7 Å². The average Bonchev–Trinajstić information content (AvgIpc) is 3.46. The van der Waals surface area contributed by atoms with Crippen molar-refractivity contribution >= 4 is 17.9 Å². The largest absolute Gasteiger partial charge is 0.481 e. The molecule has 49 heavy (non-hydrogen) atoms. The molecule has 258 valence electrons. The highest BCUT2D eigenvalue weighted by Crippen LogP contribution is 2.40. The molecular formula is C33H34F4N8O4. The van der Waals surface area contributed by atoms with Crippen LogP contribution in [0, 0.1) is 20.8 Å². The minimum absolute atomic E-state index is 0.103. The van der Waals surface area contributed by atoms with Crippen LogP contribution in [0.5, 0.6) is 5.88 Å². The molecule has 3 aromatic heterocycles. The number of aromatic nitrogens is 5. The van der Waals surface area contributed by atoms with Gasteiger partial charge in [-0.15, -0.1) is 0 Å². The Balaban J connectivity index is 1.41. The van der Waals surface area contributed by atoms with Gasteiger partial charge in [0.25, 0.3) is 0 Å². The molecule has 0 aliphatic carbocycles. The summed E-state index contributed by atoms with van der Waals surface area (Å²) in [5, 5.41) is 4.46. The van der Waals surface area contributed by atoms with Crippen LogP contribution in [-0.2, 0) is 28.8 Å². The Kier molecular flexibility index (Phi) is 8.67. The summed E-state index contributed by atoms with van der Waals surface area (Å²) in [5.41, 5.74) is 9.13. The standard InChI is InChI=1S/C33H34F4N8O4/c1-16-6-20(8-22(7-16)33(35,36)37)29-19(4)44(32(47)49-29)14-26-25(11-40-31(41-26)43-12-23(34)13-43)24-9-21(10-39-30(24)48-5)28-17(2)42-45(18(28)3)15-27(38)46/h6-11,19,23,29H,12-15H2,1-5H3,(H2,38,46)/t19-,29-/m0/s1. The molecule has 1 aromatic carbocycles. The lowest BCUT2D eigenvalue weighted by Crippen LogP contribution is -2.49. The fourth-order valence-corrected chi connectivity index (χ4v) is 6.31. The fraction of sp³-hybridized carbons (Fsp3) is 0.394. The van der Waals surface area contributed by atoms with E-state index in [4.69, 9.17) is 20.2 Å². The SMILES string of the molecule is COc1ncc(-c2c(C)nn(CC(N)=O)c2C)cc1-c1cnc(N2CC(F)C2)nc1CN1C(=O)O[C@H](c2cc(C)cc(C(F)(F)F)c2)[C@@H]1C. The van der Waals surface area contributed by atoms with Crippen LogP contribution in [0.3, 0.4) is 0 Å². The zero-order valence-corrected chi connectivity index (χ0v) is 27.4. The van der Waals surface area contributed by atoms with Crippen molar-refractivity contribution < 1.29 is 36.6 Å². The van der Waals surface area contributed by atoms with Gasteiger partial charge in [0.1, 0.15) is 18.8 Å². The third kappa shape index (κ3) is 6.46. The number of hydrogen-bond acceptors (Lipinski definition) is 9. The van der Waals surface area contributed by atoms with Gasteiger partial charge >= 0.3 is 12.3 Å². The van der Waals surface area contributed by atoms with Gasteiger partial charge in [-0.2, -0.15) is 18.3 Å². The van der Waals surface area contributed by atoms with Crippen LogP contribution < -0.4 is 15.4 Å². The number of primary amides is 1. The van der Waals surface area contributed by atoms with E-state index < -0.39 is 42.1 Å². The molecule has 6 rings (SSSR count). The van der Waals surface area contributed by atoms with Crippen LogP contribution in [0.2, 0.25) is 0 Å². The minimum Gasteiger partial charge on any atom is -0.481 e. The molecule has 0 saturated carbocycles. The quantitative estimate of drug-likeness (QED) is 0.239. The molecule has 0 bridgehead atoms. The maximum Gasteiger partial charge on any atom is 0.416 e. The topological polar surface area (TPSA) is 142 Å². The van der Waals surface area contributed by atoms with Crippen molar-refractivity contribution in [2.24, 2.45) is 5.73 Å². The second-order valence-electron chi connectivity index (χ2n) is 12.3. The van der Waals surface area contributed by atoms with Gasteiger partial charge in [-0.1, -0.05) is 11.6 Å². The first-order valence-electron chi connectivity index (χ1n) is 15.4. The maximum atomic E-state index is 13.8. The number of anilines is 1. The van der Waals surface area contributed by atoms with Crippen molar-refractivity contribution in [3.63, 3.8) is 0 Å². The lowest BCUT2D eigenvalue weighted by molar-refractivity contribution is -0.137. The predicted octanol–water partition coefficient (Wildman–Crippen LogP) is 5.08. The number of carbonyl (C=O) groups is 2. The monoisotopic (exact) mass is 682 g/mol. The molecule has 0 spiro atoms. The summed E-state index contributed by atoms with van der Waals surface area (Å²) in [6, 6.07) is 4.72. The number of carbonyl (C=O) groups excluding carboxylic acids is 2. The summed E-state index contributed by atoms with van der Waals surface area (Å²) in [5.74, 6) is -0.0716. The van der Waals surface area contributed by atoms with Gasteiger partial charge in [0.05, 0.1) is 49.7 Å². The summed E-state index contributed by atoms with van der Waals surface area (Å²) >= 11 is 0. The minimum atomic E-state index is -4.58. The molecule has 2 N–H and O–H groups in total. The predicted molar refractivity (Wildman–Crippen MR) is 169 cm³/mol. The Bertz CT molecular complexity index is 1940. The second kappa shape index (κ2) is 12.6. The van der Waals surface area contributed by atoms with E-state index in [0.29, 0.717) is 39.3 Å². The molecule has 2 amide bonds. The Labute approximate surface area is 278 Å². The molecular weight excluding hydrogens is 648 g/mol. The smallest absolute Gasteiger partial charge is 0.416 e. The van der Waals surface area contributed by atoms with Crippen molar-refractivity contribution in [1.29, 1.82) is 0 Å². The lowest BCUT2D eigenvalue weighted by Gasteiger charge is -2.34. The molecule has 2 aliphatic rings. The Morgan fingerprint density at radius 3 is 2.47 bits per heavy atom. The summed E-state index contributed by atoms with van der Waals surface area (Å²) in [7, 11) is 1.45. The van der Waals surface area contributed by atoms with Crippen molar-refractivity contribution in [2.75, 3.05) is 25.1 Å². The maximum absolute atomic E-state index is 13.8. The fourth-order valence-electron chi connectivity index (χ4n) is 6.31. The van der Waals surface area contributed by atoms with Gasteiger partial charge in [-0.25, -0.2) is 24.1 Å². The van der Waals surface area contributed by atoms with Crippen LogP contribution in [0.4, 0.5) is 28.3 Å². The van der Waals surface area contributed by atoms with E-state index in [2.05, 4.69) is 15.1 Å². The number of pyridine rings is 1. The van der Waals surface area contributed by atoms with Crippen LogP contribution >= 0.6 is 0 Å². The number of hydrogen-bond donors (Lipinski definition) is 1. The average molecular weight is 683 g/mol. The number of amides is 2. The summed E-state index contributed by atoms with van der Waals surface area (Å²) in [6.07, 6.45) is -4.18. The Morgan fingerprint density at radius 2 is 1.82 bits per heavy atom. The zero-order chi connectivity index (χ0) is 35.4. The van der Waals surface area contributed by atoms with E-state index in [1.54, 1.807) is 57.1 Å². The Morgan fingerprint density at radius 1 is 1.08 bits per heavy atom. The number of benzene rings is 1. The first kappa shape index (κ1) is 33.6. The molecule has 0 radical (unpaired) electrons. The van der Waals surface area contributed by atoms with Gasteiger partial charge in [-0.05, 0) is 51.5 Å². The van der Waals surface area contributed by atoms with Gasteiger partial charge in [0.2, 0.25) is 17.7 Å². The van der Waals surface area contributed by atoms with Crippen molar-refractivity contribution in [3.05, 3.63) is 70.4 Å². The molecule has 0 unspecified atom stereocenters. The second-order valence-corrected chi connectivity index (χ2v) is 12.3. The normalized spacial score (nSPS) is 18.1. The zero-order valence-electron chi connectivity index (χ0n) is 27.4. The van der Waals surface area contributed by atoms with E-state index in [-0.39, 0.29) is 43.6 Å². The molecule has 16 heteroatoms. The number of aryl methyl sites for hydroxylation is 2. The van der Waals surface area contributed by atoms with E-state index in [1.165, 1.54) is 16.7 Å². The Hall–Kier alpha value is -5.28. The van der Waals surface area contributed by atoms with Gasteiger partial charge in [-0.3, -0.25) is 14.4 Å². The third-order valence-corrected chi connectivity index (χ3v) is 8.75. The molecule has 12 nitrogen and oxygen atoms in total. The summed E-state index contributed by atoms with van der Waals surface area (Å²) in [4.78, 5) is 41.8. The molecule has 4 aromatic rings. The number of ether oxygens (including phenoxy) is 2. The first-order chi connectivity index (χ1) is 23.1. The van der Waals surface area contributed by atoms with E-state index in [1.807, 2.05) is 0 Å². The highest BCUT2D eigenvalue weighted by Gasteiger charge is 2.42. The number of rotatable bonds is 9. The summed E-state index contributed by atoms with van der Waals surface area (Å²) in [6.45, 7) is 6.82. The number of methoxy groups -OCH3 is 1.